The van der Waals surface area contributed by atoms with E-state index >= 15 is 4.39 Å². The molecule has 1 saturated heterocycles. The average molecular weight is 589 g/mol. The first-order valence-corrected chi connectivity index (χ1v) is 13.9. The number of carbonyl (C=O) groups is 2. The fourth-order valence-corrected chi connectivity index (χ4v) is 4.78. The molecule has 0 saturated carbocycles. The molecule has 0 atom stereocenters. The number of rotatable bonds is 10. The molecule has 2 amide bonds. The number of methoxy groups -OCH3 is 2. The number of piperidine rings is 1. The molecule has 2 heterocycles. The number of carbonyl (C=O) groups excluding carboxylic acids is 2. The van der Waals surface area contributed by atoms with Gasteiger partial charge in [0.2, 0.25) is 0 Å². The van der Waals surface area contributed by atoms with Crippen molar-refractivity contribution in [2.45, 2.75) is 19.4 Å². The van der Waals surface area contributed by atoms with E-state index in [1.807, 2.05) is 0 Å². The molecule has 1 aliphatic heterocycles. The number of amides is 2. The van der Waals surface area contributed by atoms with Crippen molar-refractivity contribution in [3.8, 4) is 28.7 Å². The molecule has 11 heteroatoms. The molecule has 0 aliphatic carbocycles. The summed E-state index contributed by atoms with van der Waals surface area (Å²) in [7, 11) is 3.11. The second-order valence-electron chi connectivity index (χ2n) is 10.0. The van der Waals surface area contributed by atoms with Crippen LogP contribution in [-0.2, 0) is 16.1 Å². The van der Waals surface area contributed by atoms with Gasteiger partial charge in [-0.2, -0.15) is 0 Å². The Morgan fingerprint density at radius 1 is 0.930 bits per heavy atom. The number of fused-ring (bicyclic) bond motifs is 1. The predicted molar refractivity (Wildman–Crippen MR) is 159 cm³/mol. The third-order valence-corrected chi connectivity index (χ3v) is 7.16. The molecule has 224 valence electrons. The summed E-state index contributed by atoms with van der Waals surface area (Å²) >= 11 is 0. The minimum Gasteiger partial charge on any atom is -0.497 e. The number of hydrogen-bond donors (Lipinski definition) is 3. The van der Waals surface area contributed by atoms with Crippen LogP contribution in [-0.4, -0.2) is 50.7 Å². The largest absolute Gasteiger partial charge is 0.497 e. The molecule has 0 unspecified atom stereocenters. The van der Waals surface area contributed by atoms with E-state index in [0.29, 0.717) is 46.4 Å². The average Bonchev–Trinajstić information content (AvgIpc) is 3.04. The summed E-state index contributed by atoms with van der Waals surface area (Å²) in [6.07, 6.45) is 3.66. The number of halogens is 1. The van der Waals surface area contributed by atoms with E-state index in [-0.39, 0.29) is 18.0 Å². The van der Waals surface area contributed by atoms with Gasteiger partial charge in [0.15, 0.2) is 23.1 Å². The summed E-state index contributed by atoms with van der Waals surface area (Å²) < 4.78 is 37.8. The van der Waals surface area contributed by atoms with Crippen LogP contribution in [0.15, 0.2) is 66.9 Å². The summed E-state index contributed by atoms with van der Waals surface area (Å²) in [5.74, 6) is -0.00954. The van der Waals surface area contributed by atoms with Gasteiger partial charge in [0, 0.05) is 29.9 Å². The van der Waals surface area contributed by atoms with Gasteiger partial charge in [-0.05, 0) is 79.9 Å². The molecule has 3 N–H and O–H groups in total. The number of aromatic nitrogens is 1. The van der Waals surface area contributed by atoms with Crippen LogP contribution in [0.4, 0.5) is 10.1 Å². The van der Waals surface area contributed by atoms with Gasteiger partial charge in [0.1, 0.15) is 17.0 Å². The molecule has 1 aromatic heterocycles. The number of hydrogen-bond acceptors (Lipinski definition) is 8. The maximum atomic E-state index is 15.1. The zero-order valence-electron chi connectivity index (χ0n) is 23.9. The molecule has 10 nitrogen and oxygen atoms in total. The van der Waals surface area contributed by atoms with Gasteiger partial charge in [0.25, 0.3) is 0 Å². The van der Waals surface area contributed by atoms with Crippen molar-refractivity contribution in [2.24, 2.45) is 5.92 Å². The molecule has 0 bridgehead atoms. The van der Waals surface area contributed by atoms with E-state index in [9.17, 15) is 9.59 Å². The van der Waals surface area contributed by atoms with E-state index in [4.69, 9.17) is 18.9 Å². The van der Waals surface area contributed by atoms with Gasteiger partial charge in [-0.1, -0.05) is 12.1 Å². The van der Waals surface area contributed by atoms with Crippen molar-refractivity contribution < 1.29 is 32.9 Å². The van der Waals surface area contributed by atoms with Crippen molar-refractivity contribution >= 4 is 28.4 Å². The monoisotopic (exact) mass is 588 g/mol. The highest BCUT2D eigenvalue weighted by molar-refractivity contribution is 6.39. The summed E-state index contributed by atoms with van der Waals surface area (Å²) in [6, 6.07) is 16.2. The Kier molecular flexibility index (Phi) is 9.52. The summed E-state index contributed by atoms with van der Waals surface area (Å²) in [6.45, 7) is 2.69. The topological polar surface area (TPSA) is 120 Å². The Bertz CT molecular complexity index is 1590. The van der Waals surface area contributed by atoms with Gasteiger partial charge in [-0.15, -0.1) is 0 Å². The fourth-order valence-electron chi connectivity index (χ4n) is 4.78. The number of nitrogens with zero attached hydrogens (tertiary/aromatic N) is 1. The standard InChI is InChI=1S/C32H33FN4O6/c1-40-23-6-3-20(4-7-23)18-36-31(38)32(39)37-22-5-9-27(25(33)17-22)43-26-13-16-35-29-24(26)8-10-28(30(29)41-2)42-19-21-11-14-34-15-12-21/h3-10,13,16-17,21,34H,11-12,14-15,18-19H2,1-2H3,(H,36,38)(H,37,39). The zero-order chi connectivity index (χ0) is 30.2. The van der Waals surface area contributed by atoms with Crippen LogP contribution in [0.3, 0.4) is 0 Å². The zero-order valence-corrected chi connectivity index (χ0v) is 23.9. The summed E-state index contributed by atoms with van der Waals surface area (Å²) in [5.41, 5.74) is 1.41. The van der Waals surface area contributed by atoms with Gasteiger partial charge in [-0.3, -0.25) is 14.6 Å². The Morgan fingerprint density at radius 2 is 1.70 bits per heavy atom. The molecule has 5 rings (SSSR count). The Labute approximate surface area is 248 Å². The first-order chi connectivity index (χ1) is 20.9. The number of nitrogens with one attached hydrogen (secondary N) is 3. The Morgan fingerprint density at radius 3 is 2.42 bits per heavy atom. The highest BCUT2D eigenvalue weighted by Crippen LogP contribution is 2.40. The molecular weight excluding hydrogens is 555 g/mol. The maximum absolute atomic E-state index is 15.1. The summed E-state index contributed by atoms with van der Waals surface area (Å²) in [5, 5.41) is 8.90. The Balaban J connectivity index is 1.23. The van der Waals surface area contributed by atoms with Crippen molar-refractivity contribution in [3.05, 3.63) is 78.2 Å². The van der Waals surface area contributed by atoms with Crippen LogP contribution in [0, 0.1) is 11.7 Å². The molecule has 0 spiro atoms. The van der Waals surface area contributed by atoms with Crippen molar-refractivity contribution in [1.29, 1.82) is 0 Å². The maximum Gasteiger partial charge on any atom is 0.313 e. The third kappa shape index (κ3) is 7.31. The van der Waals surface area contributed by atoms with Gasteiger partial charge in [0.05, 0.1) is 20.8 Å². The van der Waals surface area contributed by atoms with Crippen molar-refractivity contribution in [3.63, 3.8) is 0 Å². The van der Waals surface area contributed by atoms with Crippen LogP contribution in [0.5, 0.6) is 28.7 Å². The van der Waals surface area contributed by atoms with E-state index in [1.54, 1.807) is 62.9 Å². The third-order valence-electron chi connectivity index (χ3n) is 7.16. The lowest BCUT2D eigenvalue weighted by Crippen LogP contribution is -2.34. The highest BCUT2D eigenvalue weighted by Gasteiger charge is 2.19. The predicted octanol–water partition coefficient (Wildman–Crippen LogP) is 4.82. The number of ether oxygens (including phenoxy) is 4. The highest BCUT2D eigenvalue weighted by atomic mass is 19.1. The number of pyridine rings is 1. The molecule has 1 fully saturated rings. The van der Waals surface area contributed by atoms with Gasteiger partial charge in [-0.25, -0.2) is 4.39 Å². The SMILES string of the molecule is COc1ccc(CNC(=O)C(=O)Nc2ccc(Oc3ccnc4c(OC)c(OCC5CCNCC5)ccc34)c(F)c2)cc1. The van der Waals surface area contributed by atoms with Crippen LogP contribution >= 0.6 is 0 Å². The van der Waals surface area contributed by atoms with Gasteiger partial charge >= 0.3 is 11.8 Å². The second kappa shape index (κ2) is 13.8. The molecular formula is C32H33FN4O6. The Hall–Kier alpha value is -4.90. The molecule has 3 aromatic carbocycles. The molecule has 0 radical (unpaired) electrons. The van der Waals surface area contributed by atoms with E-state index in [0.717, 1.165) is 37.6 Å². The number of anilines is 1. The van der Waals surface area contributed by atoms with Gasteiger partial charge < -0.3 is 34.9 Å². The molecule has 43 heavy (non-hydrogen) atoms. The van der Waals surface area contributed by atoms with Crippen LogP contribution < -0.4 is 34.9 Å². The quantitative estimate of drug-likeness (QED) is 0.226. The minimum absolute atomic E-state index is 0.0698. The smallest absolute Gasteiger partial charge is 0.313 e. The second-order valence-corrected chi connectivity index (χ2v) is 10.0. The van der Waals surface area contributed by atoms with E-state index in [1.165, 1.54) is 12.1 Å². The lowest BCUT2D eigenvalue weighted by Gasteiger charge is -2.23. The minimum atomic E-state index is -0.924. The van der Waals surface area contributed by atoms with E-state index < -0.39 is 17.6 Å². The van der Waals surface area contributed by atoms with Crippen molar-refractivity contribution in [1.82, 2.24) is 15.6 Å². The van der Waals surface area contributed by atoms with Crippen LogP contribution in [0.1, 0.15) is 18.4 Å². The fraction of sp³-hybridized carbons (Fsp3) is 0.281. The lowest BCUT2D eigenvalue weighted by atomic mass is 9.99. The normalized spacial score (nSPS) is 13.3. The molecule has 4 aromatic rings. The first kappa shape index (κ1) is 29.6. The first-order valence-electron chi connectivity index (χ1n) is 13.9. The van der Waals surface area contributed by atoms with Crippen LogP contribution in [0.25, 0.3) is 10.9 Å². The summed E-state index contributed by atoms with van der Waals surface area (Å²) in [4.78, 5) is 29.1. The molecule has 1 aliphatic rings. The van der Waals surface area contributed by atoms with Crippen LogP contribution in [0.2, 0.25) is 0 Å². The number of benzene rings is 3. The lowest BCUT2D eigenvalue weighted by molar-refractivity contribution is -0.136. The van der Waals surface area contributed by atoms with Crippen molar-refractivity contribution in [2.75, 3.05) is 39.2 Å². The van der Waals surface area contributed by atoms with E-state index in [2.05, 4.69) is 20.9 Å².